The Labute approximate surface area is 268 Å². The van der Waals surface area contributed by atoms with Gasteiger partial charge in [-0.25, -0.2) is 22.0 Å². The minimum Gasteiger partial charge on any atom is -0.444 e. The molecule has 1 aromatic carbocycles. The third kappa shape index (κ3) is 5.93. The topological polar surface area (TPSA) is 150 Å². The Balaban J connectivity index is 1.59. The molecule has 2 aliphatic heterocycles. The maximum atomic E-state index is 15.5. The molecule has 5 rings (SSSR count). The predicted octanol–water partition coefficient (Wildman–Crippen LogP) is 4.12. The van der Waals surface area contributed by atoms with Crippen molar-refractivity contribution in [1.29, 1.82) is 5.26 Å². The average Bonchev–Trinajstić information content (AvgIpc) is 3.52. The molecule has 3 amide bonds. The van der Waals surface area contributed by atoms with E-state index in [9.17, 15) is 32.5 Å². The van der Waals surface area contributed by atoms with E-state index in [-0.39, 0.29) is 23.0 Å². The summed E-state index contributed by atoms with van der Waals surface area (Å²) >= 11 is 12.0. The molecule has 0 bridgehead atoms. The number of rotatable bonds is 6. The van der Waals surface area contributed by atoms with Crippen molar-refractivity contribution in [3.63, 3.8) is 0 Å². The normalized spacial score (nSPS) is 24.0. The van der Waals surface area contributed by atoms with Crippen LogP contribution < -0.4 is 5.32 Å². The number of sulfone groups is 1. The molecule has 16 heteroatoms. The van der Waals surface area contributed by atoms with Crippen molar-refractivity contribution in [2.45, 2.75) is 79.3 Å². The largest absolute Gasteiger partial charge is 0.444 e. The van der Waals surface area contributed by atoms with E-state index in [0.717, 1.165) is 40.3 Å². The second-order valence-corrected chi connectivity index (χ2v) is 15.4. The number of halogens is 4. The van der Waals surface area contributed by atoms with Gasteiger partial charge in [-0.15, -0.1) is 0 Å². The number of carbonyl (C=O) groups excluding carboxylic acids is 3. The molecule has 2 saturated heterocycles. The summed E-state index contributed by atoms with van der Waals surface area (Å²) in [4.78, 5) is 47.3. The smallest absolute Gasteiger partial charge is 0.411 e. The van der Waals surface area contributed by atoms with E-state index in [1.807, 2.05) is 6.07 Å². The fourth-order valence-corrected chi connectivity index (χ4v) is 8.00. The second kappa shape index (κ2) is 11.4. The van der Waals surface area contributed by atoms with E-state index in [2.05, 4.69) is 10.3 Å². The summed E-state index contributed by atoms with van der Waals surface area (Å²) < 4.78 is 62.3. The number of hydrogen-bond donors (Lipinski definition) is 1. The lowest BCUT2D eigenvalue weighted by Crippen LogP contribution is -2.69. The van der Waals surface area contributed by atoms with Crippen LogP contribution in [0.15, 0.2) is 35.4 Å². The average molecular weight is 685 g/mol. The van der Waals surface area contributed by atoms with Gasteiger partial charge in [0.1, 0.15) is 34.5 Å². The number of amides is 3. The molecule has 3 fully saturated rings. The number of carbonyl (C=O) groups is 3. The summed E-state index contributed by atoms with van der Waals surface area (Å²) in [6, 6.07) is 4.23. The van der Waals surface area contributed by atoms with E-state index in [0.29, 0.717) is 12.8 Å². The summed E-state index contributed by atoms with van der Waals surface area (Å²) in [5.74, 6) is -3.54. The van der Waals surface area contributed by atoms with E-state index in [1.54, 1.807) is 20.8 Å². The number of nitriles is 1. The van der Waals surface area contributed by atoms with E-state index >= 15 is 4.39 Å². The van der Waals surface area contributed by atoms with Gasteiger partial charge in [-0.3, -0.25) is 19.5 Å². The van der Waals surface area contributed by atoms with E-state index in [1.165, 1.54) is 0 Å². The van der Waals surface area contributed by atoms with Crippen LogP contribution in [-0.4, -0.2) is 76.6 Å². The highest BCUT2D eigenvalue weighted by atomic mass is 35.5. The standard InChI is InChI=1S/C29H29Cl2F2N5O6S/c1-27(2,3)44-26(41)38-9-8-29(38,23-20(33)10-16(30)13-35-23)25(40)37-14-18(12-21(37)24(39)36-28(15-34)6-7-28)45(42,43)22-5-4-17(32)11-19(22)31/h4-5,10-11,13,18,21H,6-9,12,14H2,1-3H3,(H,36,39). The summed E-state index contributed by atoms with van der Waals surface area (Å²) in [5, 5.41) is 10.3. The Morgan fingerprint density at radius 2 is 1.84 bits per heavy atom. The molecule has 1 aliphatic carbocycles. The Kier molecular flexibility index (Phi) is 8.29. The minimum atomic E-state index is -4.37. The SMILES string of the molecule is CC(C)(C)OC(=O)N1CCC1(C(=O)N1CC(S(=O)(=O)c2ccc(F)cc2Cl)CC1C(=O)NC1(C#N)CC1)c1ncc(Cl)cc1F. The van der Waals surface area contributed by atoms with Crippen molar-refractivity contribution < 1.29 is 36.3 Å². The first-order valence-electron chi connectivity index (χ1n) is 14.0. The molecule has 3 unspecified atom stereocenters. The van der Waals surface area contributed by atoms with Crippen LogP contribution in [0.2, 0.25) is 10.0 Å². The van der Waals surface area contributed by atoms with Crippen LogP contribution in [0.5, 0.6) is 0 Å². The summed E-state index contributed by atoms with van der Waals surface area (Å²) in [7, 11) is -4.37. The van der Waals surface area contributed by atoms with Crippen molar-refractivity contribution in [3.05, 3.63) is 57.8 Å². The zero-order valence-electron chi connectivity index (χ0n) is 24.4. The number of hydrogen-bond acceptors (Lipinski definition) is 8. The number of nitrogens with one attached hydrogen (secondary N) is 1. The molecule has 3 atom stereocenters. The molecular formula is C29H29Cl2F2N5O6S. The van der Waals surface area contributed by atoms with Gasteiger partial charge in [-0.1, -0.05) is 23.2 Å². The van der Waals surface area contributed by atoms with Gasteiger partial charge in [0.15, 0.2) is 15.4 Å². The van der Waals surface area contributed by atoms with Crippen molar-refractivity contribution in [2.75, 3.05) is 13.1 Å². The van der Waals surface area contributed by atoms with Crippen molar-refractivity contribution in [3.8, 4) is 6.07 Å². The molecule has 1 aromatic heterocycles. The Bertz CT molecular complexity index is 1740. The number of ether oxygens (including phenoxy) is 1. The predicted molar refractivity (Wildman–Crippen MR) is 157 cm³/mol. The van der Waals surface area contributed by atoms with Gasteiger partial charge in [0, 0.05) is 25.7 Å². The van der Waals surface area contributed by atoms with Crippen molar-refractivity contribution in [1.82, 2.24) is 20.1 Å². The minimum absolute atomic E-state index is 0.0421. The fraction of sp³-hybridized carbons (Fsp3) is 0.483. The Morgan fingerprint density at radius 3 is 2.38 bits per heavy atom. The van der Waals surface area contributed by atoms with Gasteiger partial charge in [-0.2, -0.15) is 5.26 Å². The fourth-order valence-electron chi connectivity index (χ4n) is 5.63. The third-order valence-corrected chi connectivity index (χ3v) is 10.9. The number of benzene rings is 1. The molecule has 45 heavy (non-hydrogen) atoms. The molecule has 1 saturated carbocycles. The van der Waals surface area contributed by atoms with Gasteiger partial charge in [0.25, 0.3) is 5.91 Å². The Morgan fingerprint density at radius 1 is 1.16 bits per heavy atom. The van der Waals surface area contributed by atoms with E-state index in [4.69, 9.17) is 27.9 Å². The van der Waals surface area contributed by atoms with Crippen molar-refractivity contribution in [2.24, 2.45) is 0 Å². The lowest BCUT2D eigenvalue weighted by Gasteiger charge is -2.52. The number of likely N-dealkylation sites (tertiary alicyclic amines) is 2. The number of nitrogens with zero attached hydrogens (tertiary/aromatic N) is 4. The quantitative estimate of drug-likeness (QED) is 0.447. The molecule has 0 spiro atoms. The van der Waals surface area contributed by atoms with Crippen LogP contribution in [-0.2, 0) is 29.7 Å². The van der Waals surface area contributed by atoms with Gasteiger partial charge >= 0.3 is 6.09 Å². The zero-order valence-corrected chi connectivity index (χ0v) is 26.8. The van der Waals surface area contributed by atoms with Crippen LogP contribution in [0.4, 0.5) is 13.6 Å². The maximum absolute atomic E-state index is 15.5. The lowest BCUT2D eigenvalue weighted by atomic mass is 9.79. The monoisotopic (exact) mass is 683 g/mol. The van der Waals surface area contributed by atoms with Crippen molar-refractivity contribution >= 4 is 50.9 Å². The lowest BCUT2D eigenvalue weighted by molar-refractivity contribution is -0.158. The Hall–Kier alpha value is -3.54. The zero-order chi connectivity index (χ0) is 33.1. The maximum Gasteiger partial charge on any atom is 0.411 e. The highest BCUT2D eigenvalue weighted by Crippen LogP contribution is 2.46. The molecule has 3 heterocycles. The van der Waals surface area contributed by atoms with Gasteiger partial charge in [-0.05, 0) is 64.3 Å². The number of pyridine rings is 1. The van der Waals surface area contributed by atoms with E-state index < -0.39 is 90.9 Å². The highest BCUT2D eigenvalue weighted by Gasteiger charge is 2.62. The van der Waals surface area contributed by atoms with Gasteiger partial charge in [0.05, 0.1) is 26.3 Å². The first-order chi connectivity index (χ1) is 20.9. The summed E-state index contributed by atoms with van der Waals surface area (Å²) in [6.07, 6.45) is 0.307. The molecule has 0 radical (unpaired) electrons. The van der Waals surface area contributed by atoms with Gasteiger partial charge in [0.2, 0.25) is 5.91 Å². The number of aromatic nitrogens is 1. The molecule has 3 aliphatic rings. The van der Waals surface area contributed by atoms with Crippen LogP contribution in [0, 0.1) is 23.0 Å². The van der Waals surface area contributed by atoms with Crippen LogP contribution >= 0.6 is 23.2 Å². The van der Waals surface area contributed by atoms with Crippen LogP contribution in [0.1, 0.15) is 52.1 Å². The molecule has 240 valence electrons. The van der Waals surface area contributed by atoms with Crippen LogP contribution in [0.25, 0.3) is 0 Å². The second-order valence-electron chi connectivity index (χ2n) is 12.4. The summed E-state index contributed by atoms with van der Waals surface area (Å²) in [5.41, 5.74) is -4.73. The third-order valence-electron chi connectivity index (χ3n) is 8.12. The highest BCUT2D eigenvalue weighted by molar-refractivity contribution is 7.92. The molecule has 1 N–H and O–H groups in total. The molecule has 11 nitrogen and oxygen atoms in total. The van der Waals surface area contributed by atoms with Crippen LogP contribution in [0.3, 0.4) is 0 Å². The van der Waals surface area contributed by atoms with Gasteiger partial charge < -0.3 is 15.0 Å². The molecule has 2 aromatic rings. The molecular weight excluding hydrogens is 655 g/mol. The summed E-state index contributed by atoms with van der Waals surface area (Å²) in [6.45, 7) is 4.21. The first kappa shape index (κ1) is 32.8. The first-order valence-corrected chi connectivity index (χ1v) is 16.3.